The molecule has 1 aliphatic rings. The molecule has 3 aromatic rings. The average Bonchev–Trinajstić information content (AvgIpc) is 3.21. The molecule has 4 rings (SSSR count). The quantitative estimate of drug-likeness (QED) is 0.650. The number of carbonyl (C=O) groups is 1. The first-order valence-electron chi connectivity index (χ1n) is 10.1. The molecule has 1 amide bonds. The molecule has 2 aromatic carbocycles. The fourth-order valence-electron chi connectivity index (χ4n) is 3.60. The van der Waals surface area contributed by atoms with Gasteiger partial charge in [-0.05, 0) is 42.6 Å². The van der Waals surface area contributed by atoms with Crippen molar-refractivity contribution < 1.29 is 9.53 Å². The van der Waals surface area contributed by atoms with Crippen molar-refractivity contribution in [3.8, 4) is 11.4 Å². The number of benzene rings is 2. The number of ether oxygens (including phenoxy) is 1. The summed E-state index contributed by atoms with van der Waals surface area (Å²) in [5.41, 5.74) is 3.78. The van der Waals surface area contributed by atoms with Crippen LogP contribution >= 0.6 is 0 Å². The lowest BCUT2D eigenvalue weighted by atomic mass is 9.94. The maximum atomic E-state index is 12.9. The van der Waals surface area contributed by atoms with Gasteiger partial charge < -0.3 is 15.4 Å². The molecule has 1 unspecified atom stereocenters. The van der Waals surface area contributed by atoms with Gasteiger partial charge in [0.15, 0.2) is 11.4 Å². The van der Waals surface area contributed by atoms with Crippen molar-refractivity contribution in [1.29, 1.82) is 0 Å². The molecule has 0 fully saturated rings. The van der Waals surface area contributed by atoms with Crippen molar-refractivity contribution >= 4 is 5.91 Å². The molecular weight excluding hydrogens is 364 g/mol. The van der Waals surface area contributed by atoms with Crippen LogP contribution in [0.3, 0.4) is 0 Å². The normalized spacial score (nSPS) is 15.6. The highest BCUT2D eigenvalue weighted by Gasteiger charge is 2.23. The van der Waals surface area contributed by atoms with E-state index in [0.29, 0.717) is 24.6 Å². The summed E-state index contributed by atoms with van der Waals surface area (Å²) in [6, 6.07) is 18.2. The minimum atomic E-state index is -0.226. The second-order valence-electron chi connectivity index (χ2n) is 7.14. The molecule has 0 bridgehead atoms. The van der Waals surface area contributed by atoms with E-state index < -0.39 is 0 Å². The Balaban J connectivity index is 1.51. The molecule has 150 valence electrons. The number of para-hydroxylation sites is 1. The molecule has 1 aromatic heterocycles. The van der Waals surface area contributed by atoms with Crippen molar-refractivity contribution in [2.45, 2.75) is 25.8 Å². The van der Waals surface area contributed by atoms with E-state index >= 15 is 0 Å². The molecule has 0 saturated heterocycles. The van der Waals surface area contributed by atoms with E-state index in [1.54, 1.807) is 10.9 Å². The Labute approximate surface area is 170 Å². The largest absolute Gasteiger partial charge is 0.489 e. The highest BCUT2D eigenvalue weighted by Crippen LogP contribution is 2.23. The monoisotopic (exact) mass is 390 g/mol. The fraction of sp³-hybridized carbons (Fsp3) is 0.304. The van der Waals surface area contributed by atoms with Gasteiger partial charge in [0.1, 0.15) is 0 Å². The summed E-state index contributed by atoms with van der Waals surface area (Å²) in [7, 11) is 0. The van der Waals surface area contributed by atoms with Crippen molar-refractivity contribution in [1.82, 2.24) is 20.4 Å². The summed E-state index contributed by atoms with van der Waals surface area (Å²) in [6.45, 7) is 3.98. The van der Waals surface area contributed by atoms with Gasteiger partial charge in [0.25, 0.3) is 5.91 Å². The fourth-order valence-corrected chi connectivity index (χ4v) is 3.60. The Kier molecular flexibility index (Phi) is 5.91. The van der Waals surface area contributed by atoms with Crippen LogP contribution in [0.2, 0.25) is 0 Å². The third kappa shape index (κ3) is 4.32. The van der Waals surface area contributed by atoms with Crippen LogP contribution in [-0.2, 0) is 6.42 Å². The number of fused-ring (bicyclic) bond motifs is 1. The van der Waals surface area contributed by atoms with E-state index in [1.165, 1.54) is 11.1 Å². The lowest BCUT2D eigenvalue weighted by Crippen LogP contribution is -2.39. The maximum absolute atomic E-state index is 12.9. The second-order valence-corrected chi connectivity index (χ2v) is 7.14. The summed E-state index contributed by atoms with van der Waals surface area (Å²) in [5, 5.41) is 11.0. The number of nitrogens with zero attached hydrogens (tertiary/aromatic N) is 2. The van der Waals surface area contributed by atoms with Crippen molar-refractivity contribution in [3.05, 3.63) is 77.6 Å². The van der Waals surface area contributed by atoms with Crippen molar-refractivity contribution in [2.24, 2.45) is 0 Å². The minimum Gasteiger partial charge on any atom is -0.489 e. The molecule has 29 heavy (non-hydrogen) atoms. The third-order valence-electron chi connectivity index (χ3n) is 5.06. The van der Waals surface area contributed by atoms with Crippen LogP contribution in [0.5, 0.6) is 5.75 Å². The molecule has 6 nitrogen and oxygen atoms in total. The first-order valence-corrected chi connectivity index (χ1v) is 10.1. The zero-order valence-electron chi connectivity index (χ0n) is 16.6. The van der Waals surface area contributed by atoms with E-state index in [9.17, 15) is 4.79 Å². The molecular formula is C23H26N4O2. The molecule has 6 heteroatoms. The molecule has 0 saturated carbocycles. The Bertz CT molecular complexity index is 968. The van der Waals surface area contributed by atoms with Gasteiger partial charge in [0, 0.05) is 12.6 Å². The van der Waals surface area contributed by atoms with E-state index in [0.717, 1.165) is 25.1 Å². The summed E-state index contributed by atoms with van der Waals surface area (Å²) in [6.07, 6.45) is 3.64. The van der Waals surface area contributed by atoms with Gasteiger partial charge in [-0.1, -0.05) is 49.4 Å². The third-order valence-corrected chi connectivity index (χ3v) is 5.06. The predicted molar refractivity (Wildman–Crippen MR) is 113 cm³/mol. The number of carbonyl (C=O) groups excluding carboxylic acids is 1. The lowest BCUT2D eigenvalue weighted by Gasteiger charge is -2.27. The summed E-state index contributed by atoms with van der Waals surface area (Å²) in [4.78, 5) is 12.9. The topological polar surface area (TPSA) is 68.2 Å². The number of rotatable bonds is 7. The zero-order chi connectivity index (χ0) is 20.1. The maximum Gasteiger partial charge on any atom is 0.275 e. The van der Waals surface area contributed by atoms with Gasteiger partial charge >= 0.3 is 0 Å². The van der Waals surface area contributed by atoms with Crippen molar-refractivity contribution in [3.63, 3.8) is 0 Å². The van der Waals surface area contributed by atoms with Gasteiger partial charge in [0.05, 0.1) is 18.5 Å². The van der Waals surface area contributed by atoms with Gasteiger partial charge in [0.2, 0.25) is 0 Å². The zero-order valence-corrected chi connectivity index (χ0v) is 16.6. The summed E-state index contributed by atoms with van der Waals surface area (Å²) >= 11 is 0. The van der Waals surface area contributed by atoms with E-state index in [2.05, 4.69) is 33.9 Å². The average molecular weight is 390 g/mol. The number of nitrogens with one attached hydrogen (secondary N) is 2. The molecule has 2 N–H and O–H groups in total. The van der Waals surface area contributed by atoms with Crippen molar-refractivity contribution in [2.75, 3.05) is 19.7 Å². The van der Waals surface area contributed by atoms with Gasteiger partial charge in [-0.2, -0.15) is 5.10 Å². The molecule has 2 heterocycles. The number of hydrogen-bond acceptors (Lipinski definition) is 4. The number of hydrogen-bond donors (Lipinski definition) is 2. The summed E-state index contributed by atoms with van der Waals surface area (Å²) < 4.78 is 7.49. The van der Waals surface area contributed by atoms with Crippen LogP contribution in [-0.4, -0.2) is 35.4 Å². The molecule has 0 radical (unpaired) electrons. The van der Waals surface area contributed by atoms with Gasteiger partial charge in [-0.3, -0.25) is 4.79 Å². The highest BCUT2D eigenvalue weighted by atomic mass is 16.5. The van der Waals surface area contributed by atoms with Crippen LogP contribution in [0.1, 0.15) is 41.0 Å². The van der Waals surface area contributed by atoms with E-state index in [4.69, 9.17) is 4.74 Å². The standard InChI is InChI=1S/C23H26N4O2/c1-2-14-29-21-16-27(18-9-4-3-5-10-18)26-22(21)23(28)25-15-20-19-11-7-6-8-17(19)12-13-24-20/h3-11,16,20,24H,2,12-15H2,1H3,(H,25,28). The highest BCUT2D eigenvalue weighted by molar-refractivity contribution is 5.95. The SMILES string of the molecule is CCCOc1cn(-c2ccccc2)nc1C(=O)NCC1NCCc2ccccc21. The van der Waals surface area contributed by atoms with Crippen LogP contribution in [0, 0.1) is 0 Å². The molecule has 1 atom stereocenters. The minimum absolute atomic E-state index is 0.0973. The van der Waals surface area contributed by atoms with E-state index in [-0.39, 0.29) is 11.9 Å². The Morgan fingerprint density at radius 2 is 2.00 bits per heavy atom. The second kappa shape index (κ2) is 8.92. The Hall–Kier alpha value is -3.12. The van der Waals surface area contributed by atoms with Crippen LogP contribution in [0.25, 0.3) is 5.69 Å². The first kappa shape index (κ1) is 19.2. The lowest BCUT2D eigenvalue weighted by molar-refractivity contribution is 0.0939. The number of aromatic nitrogens is 2. The van der Waals surface area contributed by atoms with Crippen LogP contribution < -0.4 is 15.4 Å². The van der Waals surface area contributed by atoms with Gasteiger partial charge in [-0.25, -0.2) is 4.68 Å². The predicted octanol–water partition coefficient (Wildman–Crippen LogP) is 3.28. The Morgan fingerprint density at radius 3 is 2.83 bits per heavy atom. The smallest absolute Gasteiger partial charge is 0.275 e. The number of amides is 1. The molecule has 1 aliphatic heterocycles. The first-order chi connectivity index (χ1) is 14.3. The van der Waals surface area contributed by atoms with Gasteiger partial charge in [-0.15, -0.1) is 0 Å². The van der Waals surface area contributed by atoms with Crippen LogP contribution in [0.4, 0.5) is 0 Å². The Morgan fingerprint density at radius 1 is 1.21 bits per heavy atom. The van der Waals surface area contributed by atoms with E-state index in [1.807, 2.05) is 43.3 Å². The van der Waals surface area contributed by atoms with Crippen LogP contribution in [0.15, 0.2) is 60.8 Å². The molecule has 0 aliphatic carbocycles. The summed E-state index contributed by atoms with van der Waals surface area (Å²) in [5.74, 6) is 0.279. The molecule has 0 spiro atoms.